The van der Waals surface area contributed by atoms with Crippen LogP contribution < -0.4 is 4.74 Å². The quantitative estimate of drug-likeness (QED) is 0.371. The van der Waals surface area contributed by atoms with Gasteiger partial charge in [-0.15, -0.1) is 11.3 Å². The fraction of sp³-hybridized carbons (Fsp3) is 0.261. The SMILES string of the molecule is COc1ccc(-n2c(C)cc(C(=O)COC(=O)CCC(=O)c3cccs3)c2C)cc1. The summed E-state index contributed by atoms with van der Waals surface area (Å²) in [6.45, 7) is 3.42. The zero-order chi connectivity index (χ0) is 21.7. The molecule has 2 aromatic heterocycles. The van der Waals surface area contributed by atoms with Gasteiger partial charge in [0.15, 0.2) is 12.4 Å². The number of esters is 1. The molecule has 0 N–H and O–H groups in total. The molecule has 1 aromatic carbocycles. The average Bonchev–Trinajstić information content (AvgIpc) is 3.38. The molecule has 3 aromatic rings. The van der Waals surface area contributed by atoms with Crippen LogP contribution >= 0.6 is 11.3 Å². The Hall–Kier alpha value is -3.19. The Morgan fingerprint density at radius 2 is 1.73 bits per heavy atom. The smallest absolute Gasteiger partial charge is 0.306 e. The highest BCUT2D eigenvalue weighted by molar-refractivity contribution is 7.12. The fourth-order valence-corrected chi connectivity index (χ4v) is 3.94. The largest absolute Gasteiger partial charge is 0.497 e. The minimum atomic E-state index is -0.558. The fourth-order valence-electron chi connectivity index (χ4n) is 3.25. The Morgan fingerprint density at radius 1 is 1.00 bits per heavy atom. The van der Waals surface area contributed by atoms with E-state index in [0.29, 0.717) is 10.4 Å². The molecule has 0 radical (unpaired) electrons. The summed E-state index contributed by atoms with van der Waals surface area (Å²) in [7, 11) is 1.61. The van der Waals surface area contributed by atoms with Gasteiger partial charge in [0.2, 0.25) is 5.78 Å². The van der Waals surface area contributed by atoms with Crippen LogP contribution in [-0.4, -0.2) is 35.8 Å². The van der Waals surface area contributed by atoms with E-state index in [2.05, 4.69) is 0 Å². The van der Waals surface area contributed by atoms with Crippen LogP contribution in [0.15, 0.2) is 47.8 Å². The van der Waals surface area contributed by atoms with Gasteiger partial charge in [-0.2, -0.15) is 0 Å². The van der Waals surface area contributed by atoms with E-state index in [1.54, 1.807) is 25.3 Å². The van der Waals surface area contributed by atoms with Gasteiger partial charge in [-0.05, 0) is 55.6 Å². The summed E-state index contributed by atoms with van der Waals surface area (Å²) in [6, 6.07) is 12.8. The van der Waals surface area contributed by atoms with E-state index in [0.717, 1.165) is 22.8 Å². The van der Waals surface area contributed by atoms with Gasteiger partial charge in [-0.25, -0.2) is 0 Å². The zero-order valence-corrected chi connectivity index (χ0v) is 18.0. The first-order valence-electron chi connectivity index (χ1n) is 9.49. The summed E-state index contributed by atoms with van der Waals surface area (Å²) in [4.78, 5) is 37.1. The van der Waals surface area contributed by atoms with Crippen molar-refractivity contribution >= 4 is 28.9 Å². The van der Waals surface area contributed by atoms with Crippen LogP contribution in [0.2, 0.25) is 0 Å². The number of ether oxygens (including phenoxy) is 2. The monoisotopic (exact) mass is 425 g/mol. The summed E-state index contributed by atoms with van der Waals surface area (Å²) in [5, 5.41) is 1.81. The maximum atomic E-state index is 12.6. The molecule has 3 rings (SSSR count). The third kappa shape index (κ3) is 4.86. The Balaban J connectivity index is 1.60. The molecule has 0 amide bonds. The van der Waals surface area contributed by atoms with Crippen molar-refractivity contribution < 1.29 is 23.9 Å². The number of ketones is 2. The van der Waals surface area contributed by atoms with Gasteiger partial charge in [-0.3, -0.25) is 14.4 Å². The van der Waals surface area contributed by atoms with E-state index in [4.69, 9.17) is 9.47 Å². The zero-order valence-electron chi connectivity index (χ0n) is 17.1. The number of hydrogen-bond acceptors (Lipinski definition) is 6. The molecule has 0 spiro atoms. The van der Waals surface area contributed by atoms with Gasteiger partial charge in [0.05, 0.1) is 18.4 Å². The highest BCUT2D eigenvalue weighted by atomic mass is 32.1. The Labute approximate surface area is 179 Å². The molecule has 30 heavy (non-hydrogen) atoms. The van der Waals surface area contributed by atoms with Crippen LogP contribution in [0.3, 0.4) is 0 Å². The van der Waals surface area contributed by atoms with Crippen LogP contribution in [-0.2, 0) is 9.53 Å². The minimum absolute atomic E-state index is 0.0467. The van der Waals surface area contributed by atoms with Gasteiger partial charge in [0.25, 0.3) is 0 Å². The number of rotatable bonds is 9. The first kappa shape index (κ1) is 21.5. The Kier molecular flexibility index (Phi) is 6.84. The van der Waals surface area contributed by atoms with E-state index in [9.17, 15) is 14.4 Å². The third-order valence-electron chi connectivity index (χ3n) is 4.78. The molecule has 156 valence electrons. The van der Waals surface area contributed by atoms with Crippen LogP contribution in [0.4, 0.5) is 0 Å². The lowest BCUT2D eigenvalue weighted by atomic mass is 10.1. The predicted octanol–water partition coefficient (Wildman–Crippen LogP) is 4.55. The molecule has 0 atom stereocenters. The van der Waals surface area contributed by atoms with Crippen molar-refractivity contribution in [1.29, 1.82) is 0 Å². The maximum absolute atomic E-state index is 12.6. The Bertz CT molecular complexity index is 1050. The molecule has 0 aliphatic heterocycles. The molecule has 0 aliphatic carbocycles. The van der Waals surface area contributed by atoms with Gasteiger partial charge in [-0.1, -0.05) is 6.07 Å². The first-order chi connectivity index (χ1) is 14.4. The molecule has 2 heterocycles. The van der Waals surface area contributed by atoms with Crippen molar-refractivity contribution in [3.63, 3.8) is 0 Å². The lowest BCUT2D eigenvalue weighted by Crippen LogP contribution is -2.15. The molecule has 7 heteroatoms. The number of aromatic nitrogens is 1. The van der Waals surface area contributed by atoms with Gasteiger partial charge in [0.1, 0.15) is 5.75 Å². The summed E-state index contributed by atoms with van der Waals surface area (Å²) in [5.41, 5.74) is 3.08. The van der Waals surface area contributed by atoms with Crippen molar-refractivity contribution in [2.45, 2.75) is 26.7 Å². The van der Waals surface area contributed by atoms with Crippen LogP contribution in [0.5, 0.6) is 5.75 Å². The predicted molar refractivity (Wildman–Crippen MR) is 115 cm³/mol. The van der Waals surface area contributed by atoms with Gasteiger partial charge < -0.3 is 14.0 Å². The number of nitrogens with zero attached hydrogens (tertiary/aromatic N) is 1. The Morgan fingerprint density at radius 3 is 2.37 bits per heavy atom. The number of aryl methyl sites for hydroxylation is 1. The van der Waals surface area contributed by atoms with Crippen LogP contribution in [0.1, 0.15) is 44.3 Å². The van der Waals surface area contributed by atoms with E-state index in [-0.39, 0.29) is 31.0 Å². The lowest BCUT2D eigenvalue weighted by Gasteiger charge is -2.11. The highest BCUT2D eigenvalue weighted by Gasteiger charge is 2.19. The normalized spacial score (nSPS) is 10.6. The van der Waals surface area contributed by atoms with Crippen molar-refractivity contribution in [1.82, 2.24) is 4.57 Å². The molecular formula is C23H23NO5S. The molecule has 0 unspecified atom stereocenters. The van der Waals surface area contributed by atoms with Gasteiger partial charge >= 0.3 is 5.97 Å². The van der Waals surface area contributed by atoms with Crippen LogP contribution in [0.25, 0.3) is 5.69 Å². The average molecular weight is 426 g/mol. The lowest BCUT2D eigenvalue weighted by molar-refractivity contribution is -0.142. The van der Waals surface area contributed by atoms with Crippen molar-refractivity contribution in [2.75, 3.05) is 13.7 Å². The minimum Gasteiger partial charge on any atom is -0.497 e. The van der Waals surface area contributed by atoms with Gasteiger partial charge in [0, 0.05) is 29.1 Å². The number of methoxy groups -OCH3 is 1. The first-order valence-corrected chi connectivity index (χ1v) is 10.4. The standard InChI is InChI=1S/C23H23NO5S/c1-15-13-19(16(2)24(15)17-6-8-18(28-3)9-7-17)21(26)14-29-23(27)11-10-20(25)22-5-4-12-30-22/h4-9,12-13H,10-11,14H2,1-3H3. The molecule has 0 aliphatic rings. The number of thiophene rings is 1. The highest BCUT2D eigenvalue weighted by Crippen LogP contribution is 2.23. The number of carbonyl (C=O) groups is 3. The van der Waals surface area contributed by atoms with E-state index in [1.165, 1.54) is 11.3 Å². The van der Waals surface area contributed by atoms with E-state index < -0.39 is 5.97 Å². The summed E-state index contributed by atoms with van der Waals surface area (Å²) in [5.74, 6) is -0.184. The molecule has 0 saturated heterocycles. The van der Waals surface area contributed by atoms with E-state index in [1.807, 2.05) is 48.1 Å². The summed E-state index contributed by atoms with van der Waals surface area (Å²) < 4.78 is 12.3. The molecule has 0 saturated carbocycles. The van der Waals surface area contributed by atoms with Crippen LogP contribution in [0, 0.1) is 13.8 Å². The summed E-state index contributed by atoms with van der Waals surface area (Å²) >= 11 is 1.34. The maximum Gasteiger partial charge on any atom is 0.306 e. The number of hydrogen-bond donors (Lipinski definition) is 0. The molecule has 0 bridgehead atoms. The van der Waals surface area contributed by atoms with Crippen molar-refractivity contribution in [2.24, 2.45) is 0 Å². The summed E-state index contributed by atoms with van der Waals surface area (Å²) in [6.07, 6.45) is 0.0222. The number of benzene rings is 1. The van der Waals surface area contributed by atoms with Crippen molar-refractivity contribution in [3.8, 4) is 11.4 Å². The second kappa shape index (κ2) is 9.54. The van der Waals surface area contributed by atoms with Crippen molar-refractivity contribution in [3.05, 3.63) is 69.7 Å². The molecule has 0 fully saturated rings. The molecule has 6 nitrogen and oxygen atoms in total. The third-order valence-corrected chi connectivity index (χ3v) is 5.69. The van der Waals surface area contributed by atoms with E-state index >= 15 is 0 Å². The second-order valence-electron chi connectivity index (χ2n) is 6.80. The molecular weight excluding hydrogens is 402 g/mol. The number of Topliss-reactive ketones (excluding diaryl/α,β-unsaturated/α-hetero) is 2. The number of carbonyl (C=O) groups excluding carboxylic acids is 3. The topological polar surface area (TPSA) is 74.6 Å². The second-order valence-corrected chi connectivity index (χ2v) is 7.75.